The number of aromatic nitrogens is 1. The monoisotopic (exact) mass is 332 g/mol. The molecule has 1 fully saturated rings. The predicted molar refractivity (Wildman–Crippen MR) is 92.0 cm³/mol. The van der Waals surface area contributed by atoms with Crippen molar-refractivity contribution in [1.29, 1.82) is 0 Å². The molecule has 2 heterocycles. The Kier molecular flexibility index (Phi) is 6.60. The third-order valence-electron chi connectivity index (χ3n) is 3.81. The van der Waals surface area contributed by atoms with Gasteiger partial charge in [-0.15, -0.1) is 6.58 Å². The number of anilines is 1. The molecule has 1 aliphatic heterocycles. The predicted octanol–water partition coefficient (Wildman–Crippen LogP) is 2.03. The molecule has 7 heteroatoms. The van der Waals surface area contributed by atoms with Gasteiger partial charge in [0.05, 0.1) is 12.2 Å². The van der Waals surface area contributed by atoms with Crippen LogP contribution in [0.2, 0.25) is 0 Å². The fourth-order valence-corrected chi connectivity index (χ4v) is 2.50. The van der Waals surface area contributed by atoms with Gasteiger partial charge >= 0.3 is 6.09 Å². The zero-order chi connectivity index (χ0) is 17.4. The molecule has 0 radical (unpaired) electrons. The second-order valence-corrected chi connectivity index (χ2v) is 5.54. The number of rotatable bonds is 6. The number of pyridine rings is 1. The van der Waals surface area contributed by atoms with Crippen LogP contribution in [-0.4, -0.2) is 54.2 Å². The summed E-state index contributed by atoms with van der Waals surface area (Å²) in [6.45, 7) is 7.59. The average Bonchev–Trinajstić information content (AvgIpc) is 2.61. The van der Waals surface area contributed by atoms with Gasteiger partial charge in [-0.3, -0.25) is 4.79 Å². The van der Waals surface area contributed by atoms with Crippen molar-refractivity contribution in [3.05, 3.63) is 36.5 Å². The van der Waals surface area contributed by atoms with E-state index in [4.69, 9.17) is 4.74 Å². The average molecular weight is 332 g/mol. The van der Waals surface area contributed by atoms with E-state index in [-0.39, 0.29) is 18.0 Å². The molecule has 24 heavy (non-hydrogen) atoms. The van der Waals surface area contributed by atoms with Gasteiger partial charge in [-0.1, -0.05) is 6.08 Å². The van der Waals surface area contributed by atoms with Gasteiger partial charge in [0, 0.05) is 31.9 Å². The summed E-state index contributed by atoms with van der Waals surface area (Å²) >= 11 is 0. The molecule has 1 aliphatic rings. The minimum atomic E-state index is -0.283. The van der Waals surface area contributed by atoms with E-state index < -0.39 is 0 Å². The smallest absolute Gasteiger partial charge is 0.409 e. The van der Waals surface area contributed by atoms with Crippen LogP contribution in [0.3, 0.4) is 0 Å². The molecule has 0 unspecified atom stereocenters. The molecule has 130 valence electrons. The first-order valence-electron chi connectivity index (χ1n) is 8.17. The third-order valence-corrected chi connectivity index (χ3v) is 3.81. The van der Waals surface area contributed by atoms with E-state index in [1.54, 1.807) is 36.2 Å². The standard InChI is InChI=1S/C17H24N4O3/c1-3-9-18-15-6-5-13(12-19-15)16(22)20-14-7-10-21(11-8-14)17(23)24-4-2/h3,5-6,12,14H,1,4,7-11H2,2H3,(H,18,19)(H,20,22). The first-order valence-corrected chi connectivity index (χ1v) is 8.17. The second kappa shape index (κ2) is 8.90. The Bertz CT molecular complexity index is 566. The molecule has 0 atom stereocenters. The van der Waals surface area contributed by atoms with Crippen LogP contribution in [0.5, 0.6) is 0 Å². The molecule has 1 aromatic heterocycles. The highest BCUT2D eigenvalue weighted by Gasteiger charge is 2.24. The van der Waals surface area contributed by atoms with Gasteiger partial charge in [-0.05, 0) is 31.9 Å². The number of ether oxygens (including phenoxy) is 1. The van der Waals surface area contributed by atoms with Gasteiger partial charge in [0.2, 0.25) is 0 Å². The second-order valence-electron chi connectivity index (χ2n) is 5.54. The number of carbonyl (C=O) groups excluding carboxylic acids is 2. The lowest BCUT2D eigenvalue weighted by molar-refractivity contribution is 0.0860. The Morgan fingerprint density at radius 1 is 1.42 bits per heavy atom. The zero-order valence-corrected chi connectivity index (χ0v) is 14.0. The summed E-state index contributed by atoms with van der Waals surface area (Å²) in [5, 5.41) is 6.05. The molecule has 2 amide bonds. The number of nitrogens with zero attached hydrogens (tertiary/aromatic N) is 2. The van der Waals surface area contributed by atoms with E-state index in [2.05, 4.69) is 22.2 Å². The van der Waals surface area contributed by atoms with Crippen molar-refractivity contribution in [1.82, 2.24) is 15.2 Å². The number of amides is 2. The first-order chi connectivity index (χ1) is 11.6. The molecule has 1 saturated heterocycles. The highest BCUT2D eigenvalue weighted by molar-refractivity contribution is 5.94. The molecule has 0 spiro atoms. The summed E-state index contributed by atoms with van der Waals surface area (Å²) in [5.41, 5.74) is 0.520. The quantitative estimate of drug-likeness (QED) is 0.779. The minimum Gasteiger partial charge on any atom is -0.450 e. The maximum atomic E-state index is 12.3. The van der Waals surface area contributed by atoms with Crippen molar-refractivity contribution < 1.29 is 14.3 Å². The van der Waals surface area contributed by atoms with E-state index in [9.17, 15) is 9.59 Å². The van der Waals surface area contributed by atoms with Crippen molar-refractivity contribution in [3.63, 3.8) is 0 Å². The summed E-state index contributed by atoms with van der Waals surface area (Å²) in [4.78, 5) is 29.8. The maximum Gasteiger partial charge on any atom is 0.409 e. The lowest BCUT2D eigenvalue weighted by Crippen LogP contribution is -2.46. The molecule has 0 aliphatic carbocycles. The van der Waals surface area contributed by atoms with Crippen molar-refractivity contribution in [2.75, 3.05) is 31.6 Å². The van der Waals surface area contributed by atoms with Crippen LogP contribution in [0, 0.1) is 0 Å². The molecular weight excluding hydrogens is 308 g/mol. The maximum absolute atomic E-state index is 12.3. The molecule has 0 saturated carbocycles. The van der Waals surface area contributed by atoms with Gasteiger partial charge in [-0.25, -0.2) is 9.78 Å². The number of hydrogen-bond donors (Lipinski definition) is 2. The van der Waals surface area contributed by atoms with E-state index in [0.29, 0.717) is 37.6 Å². The zero-order valence-electron chi connectivity index (χ0n) is 14.0. The third kappa shape index (κ3) is 4.97. The first kappa shape index (κ1) is 17.8. The van der Waals surface area contributed by atoms with Gasteiger partial charge in [-0.2, -0.15) is 0 Å². The molecule has 2 rings (SSSR count). The summed E-state index contributed by atoms with van der Waals surface area (Å²) in [7, 11) is 0. The molecule has 2 N–H and O–H groups in total. The molecular formula is C17H24N4O3. The summed E-state index contributed by atoms with van der Waals surface area (Å²) in [6.07, 6.45) is 4.45. The van der Waals surface area contributed by atoms with Crippen LogP contribution in [0.25, 0.3) is 0 Å². The van der Waals surface area contributed by atoms with Gasteiger partial charge in [0.25, 0.3) is 5.91 Å². The Hall–Kier alpha value is -2.57. The highest BCUT2D eigenvalue weighted by Crippen LogP contribution is 2.13. The fraction of sp³-hybridized carbons (Fsp3) is 0.471. The number of piperidine rings is 1. The Morgan fingerprint density at radius 3 is 2.75 bits per heavy atom. The lowest BCUT2D eigenvalue weighted by Gasteiger charge is -2.31. The van der Waals surface area contributed by atoms with Crippen LogP contribution in [0.1, 0.15) is 30.1 Å². The van der Waals surface area contributed by atoms with E-state index >= 15 is 0 Å². The summed E-state index contributed by atoms with van der Waals surface area (Å²) < 4.78 is 4.99. The van der Waals surface area contributed by atoms with Crippen LogP contribution in [0.4, 0.5) is 10.6 Å². The highest BCUT2D eigenvalue weighted by atomic mass is 16.6. The largest absolute Gasteiger partial charge is 0.450 e. The van der Waals surface area contributed by atoms with Crippen molar-refractivity contribution in [3.8, 4) is 0 Å². The Morgan fingerprint density at radius 2 is 2.17 bits per heavy atom. The van der Waals surface area contributed by atoms with Gasteiger partial charge < -0.3 is 20.3 Å². The van der Waals surface area contributed by atoms with Crippen LogP contribution >= 0.6 is 0 Å². The van der Waals surface area contributed by atoms with E-state index in [1.165, 1.54) is 0 Å². The summed E-state index contributed by atoms with van der Waals surface area (Å²) in [5.74, 6) is 0.557. The van der Waals surface area contributed by atoms with Gasteiger partial charge in [0.15, 0.2) is 0 Å². The van der Waals surface area contributed by atoms with Crippen LogP contribution in [0.15, 0.2) is 31.0 Å². The van der Waals surface area contributed by atoms with Crippen molar-refractivity contribution in [2.45, 2.75) is 25.8 Å². The normalized spacial score (nSPS) is 14.8. The van der Waals surface area contributed by atoms with Gasteiger partial charge in [0.1, 0.15) is 5.82 Å². The SMILES string of the molecule is C=CCNc1ccc(C(=O)NC2CCN(C(=O)OCC)CC2)cn1. The van der Waals surface area contributed by atoms with Crippen molar-refractivity contribution in [2.24, 2.45) is 0 Å². The van der Waals surface area contributed by atoms with Crippen molar-refractivity contribution >= 4 is 17.8 Å². The Balaban J connectivity index is 1.80. The minimum absolute atomic E-state index is 0.0572. The number of likely N-dealkylation sites (tertiary alicyclic amines) is 1. The Labute approximate surface area is 142 Å². The molecule has 7 nitrogen and oxygen atoms in total. The summed E-state index contributed by atoms with van der Waals surface area (Å²) in [6, 6.07) is 3.56. The number of hydrogen-bond acceptors (Lipinski definition) is 5. The fourth-order valence-electron chi connectivity index (χ4n) is 2.50. The molecule has 0 aromatic carbocycles. The topological polar surface area (TPSA) is 83.6 Å². The molecule has 1 aromatic rings. The lowest BCUT2D eigenvalue weighted by atomic mass is 10.0. The molecule has 0 bridgehead atoms. The van der Waals surface area contributed by atoms with Crippen LogP contribution < -0.4 is 10.6 Å². The van der Waals surface area contributed by atoms with E-state index in [1.807, 2.05) is 0 Å². The van der Waals surface area contributed by atoms with Crippen LogP contribution in [-0.2, 0) is 4.74 Å². The number of carbonyl (C=O) groups is 2. The van der Waals surface area contributed by atoms with E-state index in [0.717, 1.165) is 12.8 Å². The number of nitrogens with one attached hydrogen (secondary N) is 2.